The Balaban J connectivity index is 2.00. The highest BCUT2D eigenvalue weighted by molar-refractivity contribution is 6.76. The fourth-order valence-electron chi connectivity index (χ4n) is 2.47. The molecule has 3 rings (SSSR count). The molecule has 0 atom stereocenters. The highest BCUT2D eigenvalue weighted by Gasteiger charge is 2.31. The maximum Gasteiger partial charge on any atom is 0.276 e. The molecule has 102 valence electrons. The van der Waals surface area contributed by atoms with E-state index in [1.807, 2.05) is 30.3 Å². The van der Waals surface area contributed by atoms with E-state index in [9.17, 15) is 4.79 Å². The summed E-state index contributed by atoms with van der Waals surface area (Å²) in [6, 6.07) is 13.9. The summed E-state index contributed by atoms with van der Waals surface area (Å²) in [5.74, 6) is -0.646. The number of rotatable bonds is 1. The fourth-order valence-corrected chi connectivity index (χ4v) is 2.61. The predicted octanol–water partition coefficient (Wildman–Crippen LogP) is 4.57. The molecule has 0 saturated carbocycles. The number of benzene rings is 2. The summed E-state index contributed by atoms with van der Waals surface area (Å²) in [5, 5.41) is 2.68. The van der Waals surface area contributed by atoms with Gasteiger partial charge in [-0.3, -0.25) is 4.79 Å². The zero-order chi connectivity index (χ0) is 14.3. The smallest absolute Gasteiger partial charge is 0.276 e. The van der Waals surface area contributed by atoms with Crippen LogP contribution in [0.15, 0.2) is 42.5 Å². The first kappa shape index (κ1) is 13.7. The number of carbonyl (C=O) groups is 1. The fraction of sp³-hybridized carbons (Fsp3) is 0.133. The Hall–Kier alpha value is -1.22. The highest BCUT2D eigenvalue weighted by Crippen LogP contribution is 2.40. The number of hydrogen-bond acceptors (Lipinski definition) is 1. The first-order valence-electron chi connectivity index (χ1n) is 6.05. The molecule has 0 bridgehead atoms. The molecule has 1 N–H and O–H groups in total. The van der Waals surface area contributed by atoms with Gasteiger partial charge in [0.25, 0.3) is 9.70 Å². The lowest BCUT2D eigenvalue weighted by molar-refractivity contribution is -0.115. The van der Waals surface area contributed by atoms with E-state index in [0.29, 0.717) is 5.69 Å². The van der Waals surface area contributed by atoms with E-state index in [4.69, 9.17) is 34.8 Å². The van der Waals surface area contributed by atoms with Gasteiger partial charge >= 0.3 is 0 Å². The van der Waals surface area contributed by atoms with E-state index >= 15 is 0 Å². The summed E-state index contributed by atoms with van der Waals surface area (Å²) in [4.78, 5) is 11.8. The molecule has 0 radical (unpaired) electrons. The van der Waals surface area contributed by atoms with Crippen molar-refractivity contribution in [3.8, 4) is 11.1 Å². The largest absolute Gasteiger partial charge is 0.322 e. The van der Waals surface area contributed by atoms with Crippen LogP contribution in [0.4, 0.5) is 5.69 Å². The van der Waals surface area contributed by atoms with Gasteiger partial charge in [0.05, 0.1) is 0 Å². The van der Waals surface area contributed by atoms with E-state index in [1.165, 1.54) is 11.1 Å². The molecule has 0 unspecified atom stereocenters. The second kappa shape index (κ2) is 4.96. The van der Waals surface area contributed by atoms with Crippen molar-refractivity contribution in [3.05, 3.63) is 53.6 Å². The monoisotopic (exact) mass is 325 g/mol. The van der Waals surface area contributed by atoms with Crippen LogP contribution >= 0.6 is 34.8 Å². The lowest BCUT2D eigenvalue weighted by Crippen LogP contribution is -2.27. The Morgan fingerprint density at radius 3 is 2.45 bits per heavy atom. The number of nitrogens with one attached hydrogen (secondary N) is 1. The van der Waals surface area contributed by atoms with Gasteiger partial charge in [0.2, 0.25) is 0 Å². The Labute approximate surface area is 131 Å². The number of hydrogen-bond donors (Lipinski definition) is 1. The van der Waals surface area contributed by atoms with E-state index in [1.54, 1.807) is 0 Å². The highest BCUT2D eigenvalue weighted by atomic mass is 35.6. The van der Waals surface area contributed by atoms with Crippen LogP contribution in [0.5, 0.6) is 0 Å². The zero-order valence-electron chi connectivity index (χ0n) is 10.3. The van der Waals surface area contributed by atoms with Crippen LogP contribution in [0, 0.1) is 0 Å². The molecule has 0 aliphatic heterocycles. The second-order valence-electron chi connectivity index (χ2n) is 4.62. The number of anilines is 1. The number of alkyl halides is 3. The van der Waals surface area contributed by atoms with Crippen molar-refractivity contribution in [2.75, 3.05) is 5.32 Å². The minimum atomic E-state index is -1.96. The van der Waals surface area contributed by atoms with Crippen LogP contribution in [0.3, 0.4) is 0 Å². The van der Waals surface area contributed by atoms with Gasteiger partial charge in [-0.1, -0.05) is 71.2 Å². The minimum Gasteiger partial charge on any atom is -0.322 e. The molecule has 2 nitrogen and oxygen atoms in total. The molecule has 0 aromatic heterocycles. The molecule has 1 aliphatic rings. The van der Waals surface area contributed by atoms with Crippen molar-refractivity contribution in [1.29, 1.82) is 0 Å². The topological polar surface area (TPSA) is 29.1 Å². The van der Waals surface area contributed by atoms with Crippen molar-refractivity contribution in [3.63, 3.8) is 0 Å². The van der Waals surface area contributed by atoms with Crippen LogP contribution in [-0.2, 0) is 11.2 Å². The van der Waals surface area contributed by atoms with Gasteiger partial charge in [-0.25, -0.2) is 0 Å². The summed E-state index contributed by atoms with van der Waals surface area (Å²) < 4.78 is -1.96. The van der Waals surface area contributed by atoms with Gasteiger partial charge in [0.1, 0.15) is 0 Å². The third kappa shape index (κ3) is 2.39. The van der Waals surface area contributed by atoms with Crippen LogP contribution in [0.25, 0.3) is 11.1 Å². The molecule has 1 amide bonds. The summed E-state index contributed by atoms with van der Waals surface area (Å²) in [6.07, 6.45) is 0.766. The number of fused-ring (bicyclic) bond motifs is 3. The SMILES string of the molecule is O=C(Nc1cccc2c1Cc1ccccc1-2)C(Cl)(Cl)Cl. The number of carbonyl (C=O) groups excluding carboxylic acids is 1. The third-order valence-corrected chi connectivity index (χ3v) is 3.87. The number of halogens is 3. The van der Waals surface area contributed by atoms with Crippen LogP contribution in [0.1, 0.15) is 11.1 Å². The normalized spacial score (nSPS) is 12.8. The quantitative estimate of drug-likeness (QED) is 0.652. The average molecular weight is 327 g/mol. The molecular weight excluding hydrogens is 317 g/mol. The second-order valence-corrected chi connectivity index (χ2v) is 6.90. The third-order valence-electron chi connectivity index (χ3n) is 3.36. The van der Waals surface area contributed by atoms with Gasteiger partial charge in [0.15, 0.2) is 0 Å². The molecule has 5 heteroatoms. The van der Waals surface area contributed by atoms with Crippen LogP contribution in [-0.4, -0.2) is 9.70 Å². The van der Waals surface area contributed by atoms with Crippen LogP contribution in [0.2, 0.25) is 0 Å². The van der Waals surface area contributed by atoms with Crippen LogP contribution < -0.4 is 5.32 Å². The van der Waals surface area contributed by atoms with Gasteiger partial charge < -0.3 is 5.32 Å². The van der Waals surface area contributed by atoms with Crippen molar-refractivity contribution in [1.82, 2.24) is 0 Å². The first-order chi connectivity index (χ1) is 9.47. The van der Waals surface area contributed by atoms with Crippen molar-refractivity contribution in [2.45, 2.75) is 10.2 Å². The number of amides is 1. The van der Waals surface area contributed by atoms with E-state index in [-0.39, 0.29) is 0 Å². The first-order valence-corrected chi connectivity index (χ1v) is 7.18. The summed E-state index contributed by atoms with van der Waals surface area (Å²) in [7, 11) is 0. The van der Waals surface area contributed by atoms with Gasteiger partial charge in [0, 0.05) is 12.1 Å². The Kier molecular flexibility index (Phi) is 3.41. The average Bonchev–Trinajstić information content (AvgIpc) is 2.77. The van der Waals surface area contributed by atoms with Crippen molar-refractivity contribution in [2.24, 2.45) is 0 Å². The van der Waals surface area contributed by atoms with E-state index in [0.717, 1.165) is 17.5 Å². The summed E-state index contributed by atoms with van der Waals surface area (Å²) >= 11 is 16.8. The van der Waals surface area contributed by atoms with Crippen molar-refractivity contribution < 1.29 is 4.79 Å². The molecule has 20 heavy (non-hydrogen) atoms. The molecule has 2 aromatic rings. The molecule has 2 aromatic carbocycles. The zero-order valence-corrected chi connectivity index (χ0v) is 12.6. The summed E-state index contributed by atoms with van der Waals surface area (Å²) in [5.41, 5.74) is 5.28. The van der Waals surface area contributed by atoms with Gasteiger partial charge in [-0.05, 0) is 28.3 Å². The molecule has 0 spiro atoms. The van der Waals surface area contributed by atoms with Gasteiger partial charge in [-0.2, -0.15) is 0 Å². The maximum absolute atomic E-state index is 11.8. The molecule has 0 saturated heterocycles. The Bertz CT molecular complexity index is 692. The van der Waals surface area contributed by atoms with Gasteiger partial charge in [-0.15, -0.1) is 0 Å². The standard InChI is InChI=1S/C15H10Cl3NO/c16-15(17,18)14(20)19-13-7-3-6-11-10-5-2-1-4-9(10)8-12(11)13/h1-7H,8H2,(H,19,20). The predicted molar refractivity (Wildman–Crippen MR) is 83.6 cm³/mol. The molecule has 1 aliphatic carbocycles. The minimum absolute atomic E-state index is 0.646. The maximum atomic E-state index is 11.8. The Morgan fingerprint density at radius 1 is 1.00 bits per heavy atom. The molecular formula is C15H10Cl3NO. The molecule has 0 fully saturated rings. The van der Waals surface area contributed by atoms with E-state index in [2.05, 4.69) is 17.4 Å². The van der Waals surface area contributed by atoms with E-state index < -0.39 is 9.70 Å². The Morgan fingerprint density at radius 2 is 1.70 bits per heavy atom. The summed E-state index contributed by atoms with van der Waals surface area (Å²) in [6.45, 7) is 0. The van der Waals surface area contributed by atoms with Crippen molar-refractivity contribution >= 4 is 46.4 Å². The lowest BCUT2D eigenvalue weighted by Gasteiger charge is -2.14. The molecule has 0 heterocycles. The lowest BCUT2D eigenvalue weighted by atomic mass is 10.1.